The molecule has 0 radical (unpaired) electrons. The molecule has 208 valence electrons. The average Bonchev–Trinajstić information content (AvgIpc) is 3.23. The molecule has 2 aromatic rings. The number of pyridine rings is 1. The number of rotatable bonds is 10. The average molecular weight is 544 g/mol. The number of carbonyl (C=O) groups is 1. The molecular formula is C30H42ClN3O4. The Morgan fingerprint density at radius 2 is 1.82 bits per heavy atom. The van der Waals surface area contributed by atoms with Gasteiger partial charge in [-0.1, -0.05) is 32.4 Å². The molecule has 1 aromatic heterocycles. The molecule has 0 fully saturated rings. The summed E-state index contributed by atoms with van der Waals surface area (Å²) >= 11 is 6.86. The molecule has 3 heterocycles. The lowest BCUT2D eigenvalue weighted by Crippen LogP contribution is -2.39. The van der Waals surface area contributed by atoms with Crippen molar-refractivity contribution < 1.29 is 14.3 Å². The van der Waals surface area contributed by atoms with E-state index in [-0.39, 0.29) is 18.0 Å². The van der Waals surface area contributed by atoms with Gasteiger partial charge in [-0.05, 0) is 76.7 Å². The number of hydrogen-bond acceptors (Lipinski definition) is 5. The number of H-pyrrole nitrogens is 1. The van der Waals surface area contributed by atoms with Gasteiger partial charge in [0.05, 0.1) is 17.1 Å². The molecule has 4 rings (SSSR count). The second-order valence-corrected chi connectivity index (χ2v) is 11.3. The second kappa shape index (κ2) is 11.3. The summed E-state index contributed by atoms with van der Waals surface area (Å²) in [5.41, 5.74) is 4.28. The number of aromatic nitrogens is 1. The highest BCUT2D eigenvalue weighted by atomic mass is 35.5. The Hall–Kier alpha value is -2.51. The summed E-state index contributed by atoms with van der Waals surface area (Å²) in [6.07, 6.45) is 4.48. The molecule has 0 aliphatic carbocycles. The molecule has 2 atom stereocenters. The zero-order chi connectivity index (χ0) is 27.8. The van der Waals surface area contributed by atoms with Crippen LogP contribution in [0.4, 0.5) is 0 Å². The summed E-state index contributed by atoms with van der Waals surface area (Å²) in [4.78, 5) is 33.4. The summed E-state index contributed by atoms with van der Waals surface area (Å²) < 4.78 is 12.8. The van der Waals surface area contributed by atoms with Gasteiger partial charge in [0.15, 0.2) is 11.5 Å². The lowest BCUT2D eigenvalue weighted by atomic mass is 9.93. The summed E-state index contributed by atoms with van der Waals surface area (Å²) in [6, 6.07) is 2.48. The molecule has 0 bridgehead atoms. The third kappa shape index (κ3) is 5.32. The highest BCUT2D eigenvalue weighted by Gasteiger charge is 2.43. The largest absolute Gasteiger partial charge is 0.448 e. The summed E-state index contributed by atoms with van der Waals surface area (Å²) in [6.45, 7) is 17.1. The van der Waals surface area contributed by atoms with E-state index in [1.54, 1.807) is 4.90 Å². The topological polar surface area (TPSA) is 74.9 Å². The molecule has 7 nitrogen and oxygen atoms in total. The molecule has 2 aliphatic heterocycles. The minimum absolute atomic E-state index is 0.130. The van der Waals surface area contributed by atoms with Crippen molar-refractivity contribution in [3.8, 4) is 11.5 Å². The number of nitrogens with zero attached hydrogens (tertiary/aromatic N) is 2. The third-order valence-electron chi connectivity index (χ3n) is 8.27. The maximum Gasteiger partial charge on any atom is 0.254 e. The first-order valence-corrected chi connectivity index (χ1v) is 14.4. The highest BCUT2D eigenvalue weighted by Crippen LogP contribution is 2.51. The number of ether oxygens (including phenoxy) is 2. The van der Waals surface area contributed by atoms with Crippen LogP contribution in [0.2, 0.25) is 5.02 Å². The van der Waals surface area contributed by atoms with Crippen molar-refractivity contribution in [3.63, 3.8) is 0 Å². The summed E-state index contributed by atoms with van der Waals surface area (Å²) in [5, 5.41) is 0.469. The fourth-order valence-corrected chi connectivity index (χ4v) is 6.43. The molecular weight excluding hydrogens is 502 g/mol. The number of fused-ring (bicyclic) bond motifs is 2. The number of amides is 1. The van der Waals surface area contributed by atoms with Crippen LogP contribution in [-0.4, -0.2) is 52.2 Å². The van der Waals surface area contributed by atoms with Gasteiger partial charge in [0.1, 0.15) is 0 Å². The van der Waals surface area contributed by atoms with E-state index in [4.69, 9.17) is 21.1 Å². The van der Waals surface area contributed by atoms with Crippen molar-refractivity contribution in [1.29, 1.82) is 0 Å². The minimum atomic E-state index is -0.822. The smallest absolute Gasteiger partial charge is 0.254 e. The number of aryl methyl sites for hydroxylation is 2. The maximum atomic E-state index is 13.7. The predicted octanol–water partition coefficient (Wildman–Crippen LogP) is 5.93. The zero-order valence-corrected chi connectivity index (χ0v) is 24.7. The fourth-order valence-electron chi connectivity index (χ4n) is 6.12. The van der Waals surface area contributed by atoms with Crippen molar-refractivity contribution in [2.24, 2.45) is 0 Å². The standard InChI is InChI=1S/C30H42ClN3O4/c1-8-21(33(9-2)10-3)12-11-14-30(7)37-26-20(6)24-22(25(31)27(26)38-30)13-15-34(29(24)36)17-23-18(4)16-19(5)32-28(23)35/h16,21H,8-15,17H2,1-7H3,(H,32,35). The van der Waals surface area contributed by atoms with Crippen molar-refractivity contribution in [3.05, 3.63) is 55.0 Å². The number of aromatic amines is 1. The van der Waals surface area contributed by atoms with E-state index in [0.717, 1.165) is 61.2 Å². The van der Waals surface area contributed by atoms with E-state index in [0.29, 0.717) is 46.7 Å². The summed E-state index contributed by atoms with van der Waals surface area (Å²) in [7, 11) is 0. The minimum Gasteiger partial charge on any atom is -0.448 e. The van der Waals surface area contributed by atoms with Crippen LogP contribution in [0.25, 0.3) is 0 Å². The van der Waals surface area contributed by atoms with E-state index in [2.05, 4.69) is 30.7 Å². The number of benzene rings is 1. The Labute approximate surface area is 231 Å². The van der Waals surface area contributed by atoms with Gasteiger partial charge in [0, 0.05) is 42.8 Å². The summed E-state index contributed by atoms with van der Waals surface area (Å²) in [5.74, 6) is 0.159. The third-order valence-corrected chi connectivity index (χ3v) is 8.67. The normalized spacial score (nSPS) is 19.3. The van der Waals surface area contributed by atoms with Gasteiger partial charge in [-0.3, -0.25) is 9.59 Å². The van der Waals surface area contributed by atoms with Gasteiger partial charge in [0.2, 0.25) is 5.79 Å². The number of carbonyl (C=O) groups excluding carboxylic acids is 1. The monoisotopic (exact) mass is 543 g/mol. The Bertz CT molecular complexity index is 1270. The van der Waals surface area contributed by atoms with Crippen molar-refractivity contribution in [1.82, 2.24) is 14.8 Å². The molecule has 2 aliphatic rings. The van der Waals surface area contributed by atoms with Crippen LogP contribution < -0.4 is 15.0 Å². The molecule has 8 heteroatoms. The molecule has 0 spiro atoms. The van der Waals surface area contributed by atoms with Crippen LogP contribution >= 0.6 is 11.6 Å². The number of hydrogen-bond donors (Lipinski definition) is 1. The van der Waals surface area contributed by atoms with Crippen LogP contribution in [-0.2, 0) is 13.0 Å². The first kappa shape index (κ1) is 28.5. The Balaban J connectivity index is 1.54. The van der Waals surface area contributed by atoms with E-state index >= 15 is 0 Å². The van der Waals surface area contributed by atoms with Gasteiger partial charge in [0.25, 0.3) is 11.5 Å². The lowest BCUT2D eigenvalue weighted by Gasteiger charge is -2.31. The van der Waals surface area contributed by atoms with Gasteiger partial charge in [-0.25, -0.2) is 0 Å². The maximum absolute atomic E-state index is 13.7. The van der Waals surface area contributed by atoms with E-state index in [9.17, 15) is 9.59 Å². The molecule has 1 amide bonds. The Morgan fingerprint density at radius 1 is 1.13 bits per heavy atom. The molecule has 0 saturated carbocycles. The van der Waals surface area contributed by atoms with Crippen molar-refractivity contribution in [2.75, 3.05) is 19.6 Å². The van der Waals surface area contributed by atoms with Gasteiger partial charge in [-0.2, -0.15) is 0 Å². The Kier molecular flexibility index (Phi) is 8.48. The first-order chi connectivity index (χ1) is 18.0. The van der Waals surface area contributed by atoms with E-state index < -0.39 is 5.79 Å². The second-order valence-electron chi connectivity index (χ2n) is 10.9. The Morgan fingerprint density at radius 3 is 2.45 bits per heavy atom. The molecule has 1 N–H and O–H groups in total. The van der Waals surface area contributed by atoms with Gasteiger partial charge < -0.3 is 24.3 Å². The van der Waals surface area contributed by atoms with Gasteiger partial charge >= 0.3 is 0 Å². The van der Waals surface area contributed by atoms with Gasteiger partial charge in [-0.15, -0.1) is 0 Å². The first-order valence-electron chi connectivity index (χ1n) is 14.0. The zero-order valence-electron chi connectivity index (χ0n) is 23.9. The quantitative estimate of drug-likeness (QED) is 0.402. The van der Waals surface area contributed by atoms with E-state index in [1.165, 1.54) is 0 Å². The highest BCUT2D eigenvalue weighted by molar-refractivity contribution is 6.34. The van der Waals surface area contributed by atoms with Crippen molar-refractivity contribution in [2.45, 2.75) is 98.9 Å². The van der Waals surface area contributed by atoms with Crippen LogP contribution in [0.15, 0.2) is 10.9 Å². The molecule has 1 aromatic carbocycles. The van der Waals surface area contributed by atoms with Crippen LogP contribution in [0.1, 0.15) is 91.7 Å². The number of halogens is 1. The fraction of sp³-hybridized carbons (Fsp3) is 0.600. The molecule has 0 saturated heterocycles. The van der Waals surface area contributed by atoms with Crippen LogP contribution in [0.3, 0.4) is 0 Å². The lowest BCUT2D eigenvalue weighted by molar-refractivity contribution is -0.0707. The SMILES string of the molecule is CCC(CCCC1(C)Oc2c(C)c3c(c(Cl)c2O1)CCN(Cc1c(C)cc(C)[nH]c1=O)C3=O)N(CC)CC. The predicted molar refractivity (Wildman–Crippen MR) is 152 cm³/mol. The van der Waals surface area contributed by atoms with Crippen LogP contribution in [0.5, 0.6) is 11.5 Å². The van der Waals surface area contributed by atoms with E-state index in [1.807, 2.05) is 33.8 Å². The molecule has 38 heavy (non-hydrogen) atoms. The molecule has 2 unspecified atom stereocenters. The van der Waals surface area contributed by atoms with Crippen molar-refractivity contribution >= 4 is 17.5 Å². The number of nitrogens with one attached hydrogen (secondary N) is 1. The van der Waals surface area contributed by atoms with Crippen LogP contribution in [0, 0.1) is 20.8 Å².